The Morgan fingerprint density at radius 1 is 0.481 bits per heavy atom. The zero-order valence-corrected chi connectivity index (χ0v) is 60.9. The van der Waals surface area contributed by atoms with E-state index in [1.807, 2.05) is 118 Å². The van der Waals surface area contributed by atoms with Gasteiger partial charge in [-0.2, -0.15) is 0 Å². The van der Waals surface area contributed by atoms with Crippen LogP contribution < -0.4 is 31.9 Å². The van der Waals surface area contributed by atoms with E-state index in [9.17, 15) is 27.6 Å². The number of amides is 6. The van der Waals surface area contributed by atoms with Crippen molar-refractivity contribution in [3.05, 3.63) is 179 Å². The van der Waals surface area contributed by atoms with Crippen LogP contribution in [0.25, 0.3) is 34.2 Å². The van der Waals surface area contributed by atoms with Crippen molar-refractivity contribution < 1.29 is 36.1 Å². The number of likely N-dealkylation sites (tertiary alicyclic amines) is 3. The number of nitrogens with zero attached hydrogens (tertiary/aromatic N) is 15. The molecule has 104 heavy (non-hydrogen) atoms. The average Bonchev–Trinajstić information content (AvgIpc) is 1.63. The molecule has 6 aromatic carbocycles. The van der Waals surface area contributed by atoms with Crippen molar-refractivity contribution in [3.63, 3.8) is 0 Å². The van der Waals surface area contributed by atoms with Crippen molar-refractivity contribution in [3.8, 4) is 34.2 Å². The molecule has 3 saturated heterocycles. The Bertz CT molecular complexity index is 4200. The van der Waals surface area contributed by atoms with Crippen molar-refractivity contribution in [1.82, 2.24) is 91.3 Å². The normalized spacial score (nSPS) is 16.9. The van der Waals surface area contributed by atoms with Gasteiger partial charge in [-0.05, 0) is 292 Å². The molecule has 0 saturated carbocycles. The molecule has 0 spiro atoms. The monoisotopic (exact) mass is 1440 g/mol. The lowest BCUT2D eigenvalue weighted by Gasteiger charge is -2.33. The molecule has 9 aromatic rings. The van der Waals surface area contributed by atoms with Crippen LogP contribution in [0.1, 0.15) is 115 Å². The maximum absolute atomic E-state index is 13.2. The van der Waals surface area contributed by atoms with Crippen molar-refractivity contribution in [1.29, 1.82) is 0 Å². The van der Waals surface area contributed by atoms with Gasteiger partial charge in [0.05, 0.1) is 0 Å². The molecule has 0 aliphatic carbocycles. The van der Waals surface area contributed by atoms with E-state index < -0.39 is 0 Å². The highest BCUT2D eigenvalue weighted by Crippen LogP contribution is 2.28. The highest BCUT2D eigenvalue weighted by atomic mass is 19.1. The van der Waals surface area contributed by atoms with Gasteiger partial charge in [-0.3, -0.25) is 0 Å². The van der Waals surface area contributed by atoms with Gasteiger partial charge in [0, 0.05) is 115 Å². The fraction of sp³-hybridized carbons (Fsp3) is 0.455. The summed E-state index contributed by atoms with van der Waals surface area (Å²) in [6.45, 7) is 17.9. The lowest BCUT2D eigenvalue weighted by molar-refractivity contribution is 0.168. The molecule has 0 radical (unpaired) electrons. The largest absolute Gasteiger partial charge is 0.338 e. The van der Waals surface area contributed by atoms with Crippen LogP contribution in [0, 0.1) is 42.1 Å². The molecule has 3 aliphatic rings. The number of aryl methyl sites for hydroxylation is 5. The fourth-order valence-corrected chi connectivity index (χ4v) is 14.0. The average molecular weight is 1440 g/mol. The second-order valence-electron chi connectivity index (χ2n) is 28.0. The molecule has 0 bridgehead atoms. The van der Waals surface area contributed by atoms with Crippen LogP contribution in [-0.2, 0) is 46.8 Å². The third-order valence-electron chi connectivity index (χ3n) is 19.3. The third-order valence-corrected chi connectivity index (χ3v) is 19.3. The van der Waals surface area contributed by atoms with Crippen LogP contribution in [-0.4, -0.2) is 171 Å². The quantitative estimate of drug-likeness (QED) is 0.0291. The summed E-state index contributed by atoms with van der Waals surface area (Å²) in [6.07, 6.45) is 13.6. The van der Waals surface area contributed by atoms with Gasteiger partial charge in [-0.15, -0.1) is 15.3 Å². The minimum absolute atomic E-state index is 0. The highest BCUT2D eigenvalue weighted by molar-refractivity contribution is 5.91. The summed E-state index contributed by atoms with van der Waals surface area (Å²) in [4.78, 5) is 45.1. The zero-order chi connectivity index (χ0) is 73.3. The van der Waals surface area contributed by atoms with Gasteiger partial charge in [0.1, 0.15) is 17.5 Å². The number of tetrazole rings is 3. The molecular weight excluding hydrogens is 1320 g/mol. The molecule has 3 aromatic heterocycles. The zero-order valence-electron chi connectivity index (χ0n) is 60.9. The lowest BCUT2D eigenvalue weighted by Crippen LogP contribution is -2.41. The van der Waals surface area contributed by atoms with E-state index in [0.717, 1.165) is 137 Å². The molecule has 6 heterocycles. The molecule has 0 unspecified atom stereocenters. The predicted octanol–water partition coefficient (Wildman–Crippen LogP) is 13.6. The van der Waals surface area contributed by atoms with Gasteiger partial charge in [0.25, 0.3) is 0 Å². The molecule has 24 nitrogen and oxygen atoms in total. The highest BCUT2D eigenvalue weighted by Gasteiger charge is 2.25. The van der Waals surface area contributed by atoms with Crippen molar-refractivity contribution in [2.45, 2.75) is 123 Å². The second-order valence-corrected chi connectivity index (χ2v) is 28.0. The number of aromatic nitrogens is 12. The van der Waals surface area contributed by atoms with Crippen LogP contribution in [0.15, 0.2) is 133 Å². The summed E-state index contributed by atoms with van der Waals surface area (Å²) in [5, 5.41) is 52.7. The topological polar surface area (TPSA) is 264 Å². The Morgan fingerprint density at radius 2 is 0.885 bits per heavy atom. The van der Waals surface area contributed by atoms with Crippen LogP contribution in [0.5, 0.6) is 0 Å². The van der Waals surface area contributed by atoms with E-state index in [1.54, 1.807) is 59.5 Å². The Labute approximate surface area is 616 Å². The summed E-state index contributed by atoms with van der Waals surface area (Å²) in [5.41, 5.74) is 10.3. The molecule has 564 valence electrons. The first-order valence-electron chi connectivity index (χ1n) is 36.5. The SMILES string of the molecule is CCc1cc(NC(=O)NCCCN2CCC[C@@H](Cc3ccc(F)cc3)C2)cc(-c2nnnn2C)c1.C[C@H](CCN1CCC[C@@H](Cc2ccc(F)cc2)C1)NC(=O)Nc1cccc(-c2nnnn2C)c1.Cc1cc(NC(=O)N[C@H](C)CCN2CCC[C@@H](Cc3ccc(F)cc3)C2)cc(-c2nnnn2C)c1.[HH].[HH].[HH].[HH].[HH].[HH]. The van der Waals surface area contributed by atoms with Crippen molar-refractivity contribution in [2.75, 3.05) is 81.4 Å². The fourth-order valence-electron chi connectivity index (χ4n) is 14.0. The summed E-state index contributed by atoms with van der Waals surface area (Å²) in [7, 11) is 5.35. The maximum atomic E-state index is 13.2. The van der Waals surface area contributed by atoms with Crippen LogP contribution in [0.4, 0.5) is 44.6 Å². The number of halogens is 3. The summed E-state index contributed by atoms with van der Waals surface area (Å²) in [5.74, 6) is 3.14. The van der Waals surface area contributed by atoms with E-state index in [4.69, 9.17) is 0 Å². The molecule has 12 rings (SSSR count). The van der Waals surface area contributed by atoms with Crippen molar-refractivity contribution >= 4 is 35.2 Å². The van der Waals surface area contributed by atoms with Gasteiger partial charge in [0.15, 0.2) is 17.5 Å². The number of hydrogen-bond donors (Lipinski definition) is 6. The van der Waals surface area contributed by atoms with Gasteiger partial charge < -0.3 is 46.6 Å². The number of hydrogen-bond acceptors (Lipinski definition) is 15. The number of carbonyl (C=O) groups is 3. The summed E-state index contributed by atoms with van der Waals surface area (Å²) < 4.78 is 44.3. The number of rotatable bonds is 25. The minimum Gasteiger partial charge on any atom is -0.338 e. The van der Waals surface area contributed by atoms with E-state index in [0.29, 0.717) is 53.1 Å². The van der Waals surface area contributed by atoms with E-state index in [1.165, 1.54) is 67.3 Å². The van der Waals surface area contributed by atoms with Crippen molar-refractivity contribution in [2.24, 2.45) is 38.9 Å². The van der Waals surface area contributed by atoms with Gasteiger partial charge in [-0.1, -0.05) is 55.5 Å². The minimum atomic E-state index is -0.228. The first kappa shape index (κ1) is 76.6. The number of piperidine rings is 3. The Balaban J connectivity index is 0.000000339. The van der Waals surface area contributed by atoms with Gasteiger partial charge >= 0.3 is 18.1 Å². The van der Waals surface area contributed by atoms with Crippen LogP contribution in [0.3, 0.4) is 0 Å². The Morgan fingerprint density at radius 3 is 1.33 bits per heavy atom. The van der Waals surface area contributed by atoms with E-state index in [2.05, 4.69) is 100 Å². The molecule has 3 fully saturated rings. The maximum Gasteiger partial charge on any atom is 0.319 e. The number of nitrogens with one attached hydrogen (secondary N) is 6. The molecule has 3 aliphatic heterocycles. The predicted molar refractivity (Wildman–Crippen MR) is 411 cm³/mol. The molecule has 27 heteroatoms. The molecule has 6 N–H and O–H groups in total. The van der Waals surface area contributed by atoms with E-state index >= 15 is 0 Å². The van der Waals surface area contributed by atoms with Crippen LogP contribution >= 0.6 is 0 Å². The summed E-state index contributed by atoms with van der Waals surface area (Å²) >= 11 is 0. The Hall–Kier alpha value is -9.99. The number of benzene rings is 6. The number of urea groups is 3. The Kier molecular flexibility index (Phi) is 28.4. The smallest absolute Gasteiger partial charge is 0.319 e. The summed E-state index contributed by atoms with van der Waals surface area (Å²) in [6, 6.07) is 39.1. The third kappa shape index (κ3) is 24.3. The second kappa shape index (κ2) is 38.5. The molecule has 6 amide bonds. The standard InChI is InChI=1S/2C26H34FN7O.C25H32FN7O.6H2/c1-18-13-22(25-30-31-32-33(25)3)16-24(14-18)29-26(35)28-19(2)10-12-34-11-4-5-21(17-34)15-20-6-8-23(27)9-7-20;1-3-19-15-22(25-30-31-32-33(25)2)17-24(16-19)29-26(35)28-11-5-13-34-12-4-6-21(18-34)14-20-7-9-23(27)10-8-20;1-18(12-14-33-13-4-5-20(17-33)15-19-8-10-22(26)11-9-19)27-25(34)28-23-7-3-6-21(16-23)24-29-30-31-32(24)2;;;;;;/h6-9,13-14,16,19,21H,4-5,10-12,15,17H2,1-3H3,(H2,28,29,35);7-10,15-17,21H,3-6,11-14,18H2,1-2H3,(H2,28,29,35);3,6-11,16,18,20H,4-5,12-15,17H2,1-2H3,(H2,27,28,34);6*1H/t19-,21+;21-;18-,20+;;;;;;/m101....../s1. The molecular formula is C77H112F3N21O3. The molecule has 5 atom stereocenters. The number of carbonyl (C=O) groups excluding carboxylic acids is 3. The first-order chi connectivity index (χ1) is 50.3. The van der Waals surface area contributed by atoms with Gasteiger partial charge in [0.2, 0.25) is 0 Å². The van der Waals surface area contributed by atoms with E-state index in [-0.39, 0.29) is 56.2 Å². The number of anilines is 3. The first-order valence-corrected chi connectivity index (χ1v) is 36.5. The lowest BCUT2D eigenvalue weighted by atomic mass is 9.91. The van der Waals surface area contributed by atoms with Gasteiger partial charge in [-0.25, -0.2) is 41.6 Å². The van der Waals surface area contributed by atoms with Crippen LogP contribution in [0.2, 0.25) is 0 Å².